The minimum atomic E-state index is -0.325. The molecule has 1 aromatic heterocycles. The molecular weight excluding hydrogens is 277 g/mol. The number of hydrogen-bond donors (Lipinski definition) is 0. The lowest BCUT2D eigenvalue weighted by molar-refractivity contribution is 0.291. The van der Waals surface area contributed by atoms with Crippen molar-refractivity contribution in [3.05, 3.63) is 71.2 Å². The smallest absolute Gasteiger partial charge is 0.165 e. The van der Waals surface area contributed by atoms with Crippen LogP contribution >= 0.6 is 0 Å². The Labute approximate surface area is 129 Å². The molecule has 2 nitrogen and oxygen atoms in total. The summed E-state index contributed by atoms with van der Waals surface area (Å²) in [5.41, 5.74) is 3.88. The number of fused-ring (bicyclic) bond motifs is 1. The third kappa shape index (κ3) is 2.93. The van der Waals surface area contributed by atoms with Crippen LogP contribution in [0.25, 0.3) is 10.9 Å². The number of para-hydroxylation sites is 1. The van der Waals surface area contributed by atoms with Crippen LogP contribution < -0.4 is 4.74 Å². The van der Waals surface area contributed by atoms with Gasteiger partial charge < -0.3 is 4.74 Å². The summed E-state index contributed by atoms with van der Waals surface area (Å²) < 4.78 is 19.6. The topological polar surface area (TPSA) is 22.1 Å². The van der Waals surface area contributed by atoms with Gasteiger partial charge in [0, 0.05) is 16.6 Å². The fourth-order valence-electron chi connectivity index (χ4n) is 2.49. The average molecular weight is 295 g/mol. The molecule has 0 N–H and O–H groups in total. The van der Waals surface area contributed by atoms with Gasteiger partial charge in [0.15, 0.2) is 11.6 Å². The Hall–Kier alpha value is -2.42. The highest BCUT2D eigenvalue weighted by molar-refractivity contribution is 5.82. The number of rotatable bonds is 4. The van der Waals surface area contributed by atoms with E-state index in [0.717, 1.165) is 34.1 Å². The van der Waals surface area contributed by atoms with E-state index in [1.165, 1.54) is 6.07 Å². The zero-order valence-corrected chi connectivity index (χ0v) is 12.8. The summed E-state index contributed by atoms with van der Waals surface area (Å²) in [5, 5.41) is 1.05. The van der Waals surface area contributed by atoms with E-state index in [-0.39, 0.29) is 11.6 Å². The van der Waals surface area contributed by atoms with E-state index in [1.54, 1.807) is 6.07 Å². The summed E-state index contributed by atoms with van der Waals surface area (Å²) >= 11 is 0. The molecule has 112 valence electrons. The number of aryl methyl sites for hydroxylation is 2. The van der Waals surface area contributed by atoms with Gasteiger partial charge in [0.1, 0.15) is 6.61 Å². The Morgan fingerprint density at radius 1 is 1.09 bits per heavy atom. The van der Waals surface area contributed by atoms with Crippen LogP contribution in [0, 0.1) is 12.7 Å². The molecule has 2 aromatic carbocycles. The molecule has 0 unspecified atom stereocenters. The molecule has 0 atom stereocenters. The second kappa shape index (κ2) is 6.14. The van der Waals surface area contributed by atoms with Gasteiger partial charge in [0.2, 0.25) is 0 Å². The van der Waals surface area contributed by atoms with E-state index >= 15 is 0 Å². The third-order valence-electron chi connectivity index (χ3n) is 3.69. The quantitative estimate of drug-likeness (QED) is 0.688. The maximum absolute atomic E-state index is 13.9. The van der Waals surface area contributed by atoms with Crippen molar-refractivity contribution >= 4 is 10.9 Å². The Balaban J connectivity index is 1.93. The number of nitrogens with zero attached hydrogens (tertiary/aromatic N) is 1. The van der Waals surface area contributed by atoms with Crippen molar-refractivity contribution in [1.29, 1.82) is 0 Å². The summed E-state index contributed by atoms with van der Waals surface area (Å²) in [5.74, 6) is -0.0429. The molecule has 3 rings (SSSR count). The number of halogens is 1. The summed E-state index contributed by atoms with van der Waals surface area (Å²) in [6, 6.07) is 15.0. The van der Waals surface area contributed by atoms with Gasteiger partial charge in [0.05, 0.1) is 5.52 Å². The molecule has 3 aromatic rings. The van der Waals surface area contributed by atoms with Crippen LogP contribution in [0.1, 0.15) is 23.7 Å². The summed E-state index contributed by atoms with van der Waals surface area (Å²) in [6.07, 6.45) is 0.858. The third-order valence-corrected chi connectivity index (χ3v) is 3.69. The van der Waals surface area contributed by atoms with Crippen LogP contribution in [-0.4, -0.2) is 4.98 Å². The Morgan fingerprint density at radius 3 is 2.68 bits per heavy atom. The van der Waals surface area contributed by atoms with Crippen molar-refractivity contribution < 1.29 is 9.13 Å². The fourth-order valence-corrected chi connectivity index (χ4v) is 2.49. The van der Waals surface area contributed by atoms with Crippen LogP contribution in [-0.2, 0) is 13.0 Å². The molecule has 1 heterocycles. The average Bonchev–Trinajstić information content (AvgIpc) is 2.53. The number of hydrogen-bond acceptors (Lipinski definition) is 2. The van der Waals surface area contributed by atoms with Gasteiger partial charge in [-0.05, 0) is 43.2 Å². The van der Waals surface area contributed by atoms with E-state index in [1.807, 2.05) is 43.3 Å². The van der Waals surface area contributed by atoms with Crippen LogP contribution in [0.15, 0.2) is 48.5 Å². The predicted molar refractivity (Wildman–Crippen MR) is 86.6 cm³/mol. The van der Waals surface area contributed by atoms with E-state index < -0.39 is 0 Å². The molecule has 0 saturated heterocycles. The van der Waals surface area contributed by atoms with Crippen molar-refractivity contribution in [2.45, 2.75) is 26.9 Å². The zero-order chi connectivity index (χ0) is 15.5. The SMILES string of the molecule is CCc1cc(COc2ccc(C)cc2F)c2ccccc2n1. The van der Waals surface area contributed by atoms with E-state index in [2.05, 4.69) is 11.9 Å². The molecule has 0 radical (unpaired) electrons. The molecule has 0 amide bonds. The second-order valence-corrected chi connectivity index (χ2v) is 5.37. The minimum absolute atomic E-state index is 0.282. The van der Waals surface area contributed by atoms with Crippen LogP contribution in [0.3, 0.4) is 0 Å². The summed E-state index contributed by atoms with van der Waals surface area (Å²) in [4.78, 5) is 4.61. The zero-order valence-electron chi connectivity index (χ0n) is 12.8. The maximum Gasteiger partial charge on any atom is 0.165 e. The highest BCUT2D eigenvalue weighted by atomic mass is 19.1. The first-order chi connectivity index (χ1) is 10.7. The highest BCUT2D eigenvalue weighted by Gasteiger charge is 2.08. The van der Waals surface area contributed by atoms with Gasteiger partial charge in [0.25, 0.3) is 0 Å². The molecule has 0 fully saturated rings. The summed E-state index contributed by atoms with van der Waals surface area (Å²) in [7, 11) is 0. The number of aromatic nitrogens is 1. The Morgan fingerprint density at radius 2 is 1.91 bits per heavy atom. The van der Waals surface area contributed by atoms with Crippen molar-refractivity contribution in [1.82, 2.24) is 4.98 Å². The van der Waals surface area contributed by atoms with Gasteiger partial charge >= 0.3 is 0 Å². The van der Waals surface area contributed by atoms with E-state index in [4.69, 9.17) is 4.74 Å². The normalized spacial score (nSPS) is 10.9. The van der Waals surface area contributed by atoms with Crippen molar-refractivity contribution in [3.8, 4) is 5.75 Å². The lowest BCUT2D eigenvalue weighted by Gasteiger charge is -2.11. The van der Waals surface area contributed by atoms with Gasteiger partial charge in [-0.1, -0.05) is 31.2 Å². The first-order valence-electron chi connectivity index (χ1n) is 7.44. The predicted octanol–water partition coefficient (Wildman–Crippen LogP) is 4.82. The molecule has 0 spiro atoms. The van der Waals surface area contributed by atoms with Crippen LogP contribution in [0.4, 0.5) is 4.39 Å². The standard InChI is InChI=1S/C19H18FNO/c1-3-15-11-14(16-6-4-5-7-18(16)21-15)12-22-19-9-8-13(2)10-17(19)20/h4-11H,3,12H2,1-2H3. The minimum Gasteiger partial charge on any atom is -0.486 e. The van der Waals surface area contributed by atoms with Gasteiger partial charge in [-0.15, -0.1) is 0 Å². The van der Waals surface area contributed by atoms with Gasteiger partial charge in [-0.2, -0.15) is 0 Å². The first kappa shape index (κ1) is 14.5. The first-order valence-corrected chi connectivity index (χ1v) is 7.44. The van der Waals surface area contributed by atoms with E-state index in [0.29, 0.717) is 6.61 Å². The lowest BCUT2D eigenvalue weighted by atomic mass is 10.1. The number of ether oxygens (including phenoxy) is 1. The largest absolute Gasteiger partial charge is 0.486 e. The maximum atomic E-state index is 13.9. The number of benzene rings is 2. The molecule has 3 heteroatoms. The Kier molecular flexibility index (Phi) is 4.05. The number of pyridine rings is 1. The van der Waals surface area contributed by atoms with Gasteiger partial charge in [-0.3, -0.25) is 4.98 Å². The van der Waals surface area contributed by atoms with Crippen molar-refractivity contribution in [2.24, 2.45) is 0 Å². The van der Waals surface area contributed by atoms with Crippen molar-refractivity contribution in [3.63, 3.8) is 0 Å². The molecule has 0 aliphatic rings. The highest BCUT2D eigenvalue weighted by Crippen LogP contribution is 2.23. The molecule has 0 saturated carbocycles. The lowest BCUT2D eigenvalue weighted by Crippen LogP contribution is -2.01. The second-order valence-electron chi connectivity index (χ2n) is 5.37. The molecule has 22 heavy (non-hydrogen) atoms. The fraction of sp³-hybridized carbons (Fsp3) is 0.211. The molecule has 0 aliphatic carbocycles. The van der Waals surface area contributed by atoms with Gasteiger partial charge in [-0.25, -0.2) is 4.39 Å². The Bertz CT molecular complexity index is 814. The van der Waals surface area contributed by atoms with E-state index in [9.17, 15) is 4.39 Å². The molecule has 0 bridgehead atoms. The van der Waals surface area contributed by atoms with Crippen LogP contribution in [0.5, 0.6) is 5.75 Å². The monoisotopic (exact) mass is 295 g/mol. The molecular formula is C19H18FNO. The van der Waals surface area contributed by atoms with Crippen molar-refractivity contribution in [2.75, 3.05) is 0 Å². The van der Waals surface area contributed by atoms with Crippen LogP contribution in [0.2, 0.25) is 0 Å². The molecule has 0 aliphatic heterocycles. The summed E-state index contributed by atoms with van der Waals surface area (Å²) in [6.45, 7) is 4.26.